The number of carbonyl (C=O) groups excluding carboxylic acids is 1. The molecule has 3 aromatic rings. The van der Waals surface area contributed by atoms with Crippen LogP contribution in [0, 0.1) is 10.1 Å². The van der Waals surface area contributed by atoms with E-state index in [0.29, 0.717) is 17.6 Å². The molecule has 1 aliphatic heterocycles. The van der Waals surface area contributed by atoms with Gasteiger partial charge in [0.1, 0.15) is 5.82 Å². The highest BCUT2D eigenvalue weighted by molar-refractivity contribution is 5.99. The molecule has 0 unspecified atom stereocenters. The molecule has 2 aromatic heterocycles. The molecule has 1 aromatic carbocycles. The van der Waals surface area contributed by atoms with Crippen molar-refractivity contribution in [1.82, 2.24) is 9.97 Å². The average molecular weight is 421 g/mol. The molecule has 0 spiro atoms. The molecule has 3 heterocycles. The first-order chi connectivity index (χ1) is 15.1. The second-order valence-corrected chi connectivity index (χ2v) is 7.24. The molecule has 0 atom stereocenters. The SMILES string of the molecule is CCOC(=O)c1ccc(N2CCCN(c3ccc([N+](=O)[O-])c4cnccc34)CC2)nc1. The third-order valence-corrected chi connectivity index (χ3v) is 5.39. The predicted octanol–water partition coefficient (Wildman–Crippen LogP) is 3.43. The first kappa shape index (κ1) is 20.5. The Morgan fingerprint density at radius 1 is 1.06 bits per heavy atom. The first-order valence-electron chi connectivity index (χ1n) is 10.2. The van der Waals surface area contributed by atoms with Gasteiger partial charge in [0.2, 0.25) is 0 Å². The van der Waals surface area contributed by atoms with Crippen molar-refractivity contribution < 1.29 is 14.5 Å². The Morgan fingerprint density at radius 3 is 2.61 bits per heavy atom. The number of non-ortho nitro benzene ring substituents is 1. The Labute approximate surface area is 179 Å². The van der Waals surface area contributed by atoms with Crippen LogP contribution in [-0.2, 0) is 4.74 Å². The number of carbonyl (C=O) groups is 1. The van der Waals surface area contributed by atoms with E-state index in [4.69, 9.17) is 4.74 Å². The summed E-state index contributed by atoms with van der Waals surface area (Å²) in [5, 5.41) is 12.8. The zero-order chi connectivity index (χ0) is 21.8. The van der Waals surface area contributed by atoms with Gasteiger partial charge in [0.05, 0.1) is 22.5 Å². The van der Waals surface area contributed by atoms with Crippen LogP contribution in [0.1, 0.15) is 23.7 Å². The van der Waals surface area contributed by atoms with Crippen LogP contribution in [0.25, 0.3) is 10.8 Å². The zero-order valence-electron chi connectivity index (χ0n) is 17.2. The van der Waals surface area contributed by atoms with Gasteiger partial charge in [-0.25, -0.2) is 9.78 Å². The largest absolute Gasteiger partial charge is 0.462 e. The summed E-state index contributed by atoms with van der Waals surface area (Å²) in [7, 11) is 0. The quantitative estimate of drug-likeness (QED) is 0.351. The van der Waals surface area contributed by atoms with Crippen LogP contribution in [0.5, 0.6) is 0 Å². The number of fused-ring (bicyclic) bond motifs is 1. The number of aromatic nitrogens is 2. The van der Waals surface area contributed by atoms with Gasteiger partial charge < -0.3 is 14.5 Å². The highest BCUT2D eigenvalue weighted by atomic mass is 16.6. The number of nitro benzene ring substituents is 1. The maximum atomic E-state index is 11.8. The molecule has 0 bridgehead atoms. The van der Waals surface area contributed by atoms with Gasteiger partial charge in [0.15, 0.2) is 0 Å². The number of esters is 1. The fourth-order valence-electron chi connectivity index (χ4n) is 3.89. The summed E-state index contributed by atoms with van der Waals surface area (Å²) >= 11 is 0. The number of nitro groups is 1. The monoisotopic (exact) mass is 421 g/mol. The van der Waals surface area contributed by atoms with E-state index < -0.39 is 0 Å². The van der Waals surface area contributed by atoms with Crippen LogP contribution in [0.15, 0.2) is 48.9 Å². The fraction of sp³-hybridized carbons (Fsp3) is 0.318. The zero-order valence-corrected chi connectivity index (χ0v) is 17.2. The van der Waals surface area contributed by atoms with E-state index in [0.717, 1.165) is 49.5 Å². The van der Waals surface area contributed by atoms with E-state index in [1.807, 2.05) is 18.2 Å². The molecular formula is C22H23N5O4. The average Bonchev–Trinajstić information content (AvgIpc) is 3.05. The molecule has 1 fully saturated rings. The van der Waals surface area contributed by atoms with E-state index in [2.05, 4.69) is 19.8 Å². The lowest BCUT2D eigenvalue weighted by atomic mass is 10.1. The molecule has 0 aliphatic carbocycles. The smallest absolute Gasteiger partial charge is 0.339 e. The summed E-state index contributed by atoms with van der Waals surface area (Å²) in [6.45, 7) is 5.25. The maximum absolute atomic E-state index is 11.8. The number of ether oxygens (including phenoxy) is 1. The van der Waals surface area contributed by atoms with Crippen molar-refractivity contribution in [2.24, 2.45) is 0 Å². The molecule has 0 saturated carbocycles. The van der Waals surface area contributed by atoms with Gasteiger partial charge in [-0.15, -0.1) is 0 Å². The Bertz CT molecular complexity index is 1100. The van der Waals surface area contributed by atoms with Crippen LogP contribution in [0.3, 0.4) is 0 Å². The van der Waals surface area contributed by atoms with Crippen LogP contribution in [-0.4, -0.2) is 53.6 Å². The van der Waals surface area contributed by atoms with Gasteiger partial charge in [-0.1, -0.05) is 0 Å². The second-order valence-electron chi connectivity index (χ2n) is 7.24. The molecular weight excluding hydrogens is 398 g/mol. The van der Waals surface area contributed by atoms with Crippen LogP contribution < -0.4 is 9.80 Å². The number of benzene rings is 1. The third kappa shape index (κ3) is 4.25. The molecule has 4 rings (SSSR count). The van der Waals surface area contributed by atoms with Gasteiger partial charge in [0.25, 0.3) is 5.69 Å². The minimum absolute atomic E-state index is 0.0641. The molecule has 0 amide bonds. The van der Waals surface area contributed by atoms with Crippen molar-refractivity contribution >= 4 is 33.9 Å². The van der Waals surface area contributed by atoms with Gasteiger partial charge >= 0.3 is 5.97 Å². The Morgan fingerprint density at radius 2 is 1.87 bits per heavy atom. The van der Waals surface area contributed by atoms with Gasteiger partial charge in [-0.2, -0.15) is 0 Å². The molecule has 9 heteroatoms. The predicted molar refractivity (Wildman–Crippen MR) is 118 cm³/mol. The number of pyridine rings is 2. The van der Waals surface area contributed by atoms with Crippen molar-refractivity contribution in [3.63, 3.8) is 0 Å². The molecule has 31 heavy (non-hydrogen) atoms. The van der Waals surface area contributed by atoms with Crippen molar-refractivity contribution in [3.05, 3.63) is 64.6 Å². The standard InChI is InChI=1S/C22H23N5O4/c1-2-31-22(28)16-4-7-21(24-14-16)26-11-3-10-25(12-13-26)19-5-6-20(27(29)30)18-15-23-9-8-17(18)19/h4-9,14-15H,2-3,10-13H2,1H3. The number of anilines is 2. The topological polar surface area (TPSA) is 102 Å². The molecule has 0 N–H and O–H groups in total. The van der Waals surface area contributed by atoms with Gasteiger partial charge in [-0.3, -0.25) is 15.1 Å². The highest BCUT2D eigenvalue weighted by Crippen LogP contribution is 2.33. The molecule has 160 valence electrons. The van der Waals surface area contributed by atoms with Crippen LogP contribution in [0.2, 0.25) is 0 Å². The maximum Gasteiger partial charge on any atom is 0.339 e. The summed E-state index contributed by atoms with van der Waals surface area (Å²) in [6, 6.07) is 8.78. The second kappa shape index (κ2) is 8.95. The Kier molecular flexibility index (Phi) is 5.92. The number of nitrogens with zero attached hydrogens (tertiary/aromatic N) is 5. The van der Waals surface area contributed by atoms with Crippen molar-refractivity contribution in [1.29, 1.82) is 0 Å². The summed E-state index contributed by atoms with van der Waals surface area (Å²) < 4.78 is 5.01. The lowest BCUT2D eigenvalue weighted by Gasteiger charge is -2.25. The fourth-order valence-corrected chi connectivity index (χ4v) is 3.89. The third-order valence-electron chi connectivity index (χ3n) is 5.39. The summed E-state index contributed by atoms with van der Waals surface area (Å²) in [5.74, 6) is 0.441. The Hall–Kier alpha value is -3.75. The van der Waals surface area contributed by atoms with E-state index >= 15 is 0 Å². The van der Waals surface area contributed by atoms with Gasteiger partial charge in [0, 0.05) is 61.9 Å². The number of hydrogen-bond acceptors (Lipinski definition) is 8. The van der Waals surface area contributed by atoms with Crippen LogP contribution in [0.4, 0.5) is 17.2 Å². The van der Waals surface area contributed by atoms with Crippen LogP contribution >= 0.6 is 0 Å². The number of rotatable bonds is 5. The van der Waals surface area contributed by atoms with Crippen molar-refractivity contribution in [2.75, 3.05) is 42.6 Å². The summed E-state index contributed by atoms with van der Waals surface area (Å²) in [5.41, 5.74) is 1.47. The minimum atomic E-state index is -0.372. The molecule has 9 nitrogen and oxygen atoms in total. The van der Waals surface area contributed by atoms with E-state index in [1.165, 1.54) is 0 Å². The molecule has 0 radical (unpaired) electrons. The van der Waals surface area contributed by atoms with Crippen molar-refractivity contribution in [2.45, 2.75) is 13.3 Å². The summed E-state index contributed by atoms with van der Waals surface area (Å²) in [6.07, 6.45) is 5.67. The normalized spacial score (nSPS) is 14.4. The molecule has 1 aliphatic rings. The lowest BCUT2D eigenvalue weighted by Crippen LogP contribution is -2.31. The first-order valence-corrected chi connectivity index (χ1v) is 10.2. The lowest BCUT2D eigenvalue weighted by molar-refractivity contribution is -0.383. The highest BCUT2D eigenvalue weighted by Gasteiger charge is 2.21. The number of hydrogen-bond donors (Lipinski definition) is 0. The minimum Gasteiger partial charge on any atom is -0.462 e. The Balaban J connectivity index is 1.53. The van der Waals surface area contributed by atoms with E-state index in [9.17, 15) is 14.9 Å². The van der Waals surface area contributed by atoms with E-state index in [-0.39, 0.29) is 16.6 Å². The van der Waals surface area contributed by atoms with E-state index in [1.54, 1.807) is 37.6 Å². The van der Waals surface area contributed by atoms with Crippen molar-refractivity contribution in [3.8, 4) is 0 Å². The summed E-state index contributed by atoms with van der Waals surface area (Å²) in [4.78, 5) is 35.8. The molecule has 1 saturated heterocycles. The van der Waals surface area contributed by atoms with Gasteiger partial charge in [-0.05, 0) is 37.6 Å².